The van der Waals surface area contributed by atoms with Crippen LogP contribution in [-0.2, 0) is 30.8 Å². The van der Waals surface area contributed by atoms with Gasteiger partial charge in [0.2, 0.25) is 0 Å². The molecule has 0 N–H and O–H groups in total. The molecule has 0 spiro atoms. The molecule has 4 rings (SSSR count). The highest BCUT2D eigenvalue weighted by Crippen LogP contribution is 2.33. The third-order valence-corrected chi connectivity index (χ3v) is 8.28. The maximum absolute atomic E-state index is 13.0. The Morgan fingerprint density at radius 1 is 0.694 bits per heavy atom. The fourth-order valence-corrected chi connectivity index (χ4v) is 5.57. The molecule has 4 aromatic rings. The maximum atomic E-state index is 13.0. The van der Waals surface area contributed by atoms with E-state index in [0.717, 1.165) is 16.5 Å². The molecule has 0 aliphatic carbocycles. The van der Waals surface area contributed by atoms with E-state index >= 15 is 0 Å². The van der Waals surface area contributed by atoms with Gasteiger partial charge in [0.05, 0.1) is 18.6 Å². The lowest BCUT2D eigenvalue weighted by Gasteiger charge is -2.15. The van der Waals surface area contributed by atoms with E-state index in [-0.39, 0.29) is 28.6 Å². The summed E-state index contributed by atoms with van der Waals surface area (Å²) >= 11 is 0. The molecule has 36 heavy (non-hydrogen) atoms. The molecule has 0 unspecified atom stereocenters. The average molecular weight is 527 g/mol. The lowest BCUT2D eigenvalue weighted by molar-refractivity contribution is 0.321. The molecule has 7 nitrogen and oxygen atoms in total. The van der Waals surface area contributed by atoms with Crippen molar-refractivity contribution in [3.63, 3.8) is 0 Å². The molecular formula is C27H26O7S2. The Balaban J connectivity index is 1.68. The predicted octanol–water partition coefficient (Wildman–Crippen LogP) is 5.18. The molecule has 0 aliphatic heterocycles. The van der Waals surface area contributed by atoms with Crippen molar-refractivity contribution in [1.82, 2.24) is 0 Å². The van der Waals surface area contributed by atoms with Gasteiger partial charge in [-0.1, -0.05) is 47.5 Å². The summed E-state index contributed by atoms with van der Waals surface area (Å²) in [7, 11) is -6.59. The van der Waals surface area contributed by atoms with E-state index < -0.39 is 20.2 Å². The lowest BCUT2D eigenvalue weighted by Crippen LogP contribution is -2.13. The Bertz CT molecular complexity index is 1590. The van der Waals surface area contributed by atoms with Crippen molar-refractivity contribution in [3.05, 3.63) is 95.6 Å². The second-order valence-electron chi connectivity index (χ2n) is 8.32. The molecule has 0 aliphatic rings. The van der Waals surface area contributed by atoms with Gasteiger partial charge in [-0.05, 0) is 67.1 Å². The summed E-state index contributed by atoms with van der Waals surface area (Å²) < 4.78 is 67.5. The van der Waals surface area contributed by atoms with E-state index in [0.29, 0.717) is 16.7 Å². The SMILES string of the molecule is COc1ccc2ccc(OS(=O)(=O)c3ccc(C)cc3)c(CCOS(=O)(=O)c3ccc(C)cc3)c2c1. The second-order valence-corrected chi connectivity index (χ2v) is 11.5. The standard InChI is InChI=1S/C27H26O7S2/c1-19-4-11-23(12-5-19)35(28,29)33-17-16-25-26-18-22(32-3)10-8-21(26)9-15-27(25)34-36(30,31)24-13-6-20(2)7-14-24/h4-15,18H,16-17H2,1-3H3. The highest BCUT2D eigenvalue weighted by atomic mass is 32.2. The van der Waals surface area contributed by atoms with E-state index in [1.807, 2.05) is 19.9 Å². The summed E-state index contributed by atoms with van der Waals surface area (Å²) in [5.74, 6) is 0.656. The summed E-state index contributed by atoms with van der Waals surface area (Å²) in [6, 6.07) is 21.3. The number of aryl methyl sites for hydroxylation is 2. The van der Waals surface area contributed by atoms with Crippen molar-refractivity contribution < 1.29 is 29.9 Å². The zero-order chi connectivity index (χ0) is 25.9. The highest BCUT2D eigenvalue weighted by Gasteiger charge is 2.21. The van der Waals surface area contributed by atoms with Crippen molar-refractivity contribution in [1.29, 1.82) is 0 Å². The van der Waals surface area contributed by atoms with Crippen LogP contribution < -0.4 is 8.92 Å². The zero-order valence-corrected chi connectivity index (χ0v) is 21.7. The van der Waals surface area contributed by atoms with Gasteiger partial charge in [-0.3, -0.25) is 4.18 Å². The molecule has 0 radical (unpaired) electrons. The zero-order valence-electron chi connectivity index (χ0n) is 20.1. The lowest BCUT2D eigenvalue weighted by atomic mass is 10.0. The number of fused-ring (bicyclic) bond motifs is 1. The van der Waals surface area contributed by atoms with E-state index in [1.165, 1.54) is 31.4 Å². The fraction of sp³-hybridized carbons (Fsp3) is 0.185. The Hall–Kier alpha value is -3.40. The van der Waals surface area contributed by atoms with Gasteiger partial charge in [-0.25, -0.2) is 0 Å². The number of ether oxygens (including phenoxy) is 1. The first kappa shape index (κ1) is 25.7. The summed E-state index contributed by atoms with van der Waals surface area (Å²) in [6.45, 7) is 3.50. The quantitative estimate of drug-likeness (QED) is 0.277. The number of hydrogen-bond acceptors (Lipinski definition) is 7. The van der Waals surface area contributed by atoms with Gasteiger partial charge in [0.1, 0.15) is 16.4 Å². The van der Waals surface area contributed by atoms with E-state index in [4.69, 9.17) is 13.1 Å². The number of benzene rings is 4. The van der Waals surface area contributed by atoms with Crippen LogP contribution in [-0.4, -0.2) is 30.6 Å². The molecule has 0 saturated carbocycles. The van der Waals surface area contributed by atoms with E-state index in [2.05, 4.69) is 0 Å². The summed E-state index contributed by atoms with van der Waals surface area (Å²) in [4.78, 5) is 0.0640. The summed E-state index contributed by atoms with van der Waals surface area (Å²) in [6.07, 6.45) is 0.0777. The normalized spacial score (nSPS) is 12.0. The Morgan fingerprint density at radius 3 is 1.83 bits per heavy atom. The van der Waals surface area contributed by atoms with Crippen molar-refractivity contribution in [3.8, 4) is 11.5 Å². The minimum absolute atomic E-state index is 0.0167. The monoisotopic (exact) mass is 526 g/mol. The van der Waals surface area contributed by atoms with Crippen molar-refractivity contribution in [2.45, 2.75) is 30.1 Å². The molecule has 0 aromatic heterocycles. The molecule has 0 fully saturated rings. The van der Waals surface area contributed by atoms with Crippen LogP contribution in [0.5, 0.6) is 11.5 Å². The number of hydrogen-bond donors (Lipinski definition) is 0. The minimum Gasteiger partial charge on any atom is -0.497 e. The summed E-state index contributed by atoms with van der Waals surface area (Å²) in [5, 5.41) is 1.48. The molecule has 0 bridgehead atoms. The molecule has 0 heterocycles. The first-order valence-electron chi connectivity index (χ1n) is 11.2. The second kappa shape index (κ2) is 10.3. The number of rotatable bonds is 9. The first-order valence-corrected chi connectivity index (χ1v) is 14.0. The molecule has 0 saturated heterocycles. The average Bonchev–Trinajstić information content (AvgIpc) is 2.85. The maximum Gasteiger partial charge on any atom is 0.339 e. The van der Waals surface area contributed by atoms with Crippen LogP contribution in [0.15, 0.2) is 88.7 Å². The Labute approximate surface area is 211 Å². The van der Waals surface area contributed by atoms with E-state index in [9.17, 15) is 16.8 Å². The highest BCUT2D eigenvalue weighted by molar-refractivity contribution is 7.87. The minimum atomic E-state index is -4.13. The van der Waals surface area contributed by atoms with Crippen molar-refractivity contribution in [2.24, 2.45) is 0 Å². The van der Waals surface area contributed by atoms with Gasteiger partial charge >= 0.3 is 10.1 Å². The molecule has 0 amide bonds. The van der Waals surface area contributed by atoms with Crippen LogP contribution in [0, 0.1) is 13.8 Å². The Morgan fingerprint density at radius 2 is 1.25 bits per heavy atom. The molecule has 9 heteroatoms. The van der Waals surface area contributed by atoms with Crippen molar-refractivity contribution >= 4 is 31.0 Å². The molecule has 0 atom stereocenters. The Kier molecular flexibility index (Phi) is 7.35. The van der Waals surface area contributed by atoms with Gasteiger partial charge in [0.15, 0.2) is 0 Å². The van der Waals surface area contributed by atoms with E-state index in [1.54, 1.807) is 48.5 Å². The van der Waals surface area contributed by atoms with Gasteiger partial charge in [-0.2, -0.15) is 16.8 Å². The molecular weight excluding hydrogens is 500 g/mol. The topological polar surface area (TPSA) is 96.0 Å². The fourth-order valence-electron chi connectivity index (χ4n) is 3.70. The van der Waals surface area contributed by atoms with Gasteiger partial charge in [0, 0.05) is 12.0 Å². The first-order chi connectivity index (χ1) is 17.1. The van der Waals surface area contributed by atoms with Crippen LogP contribution >= 0.6 is 0 Å². The van der Waals surface area contributed by atoms with Crippen LogP contribution in [0.4, 0.5) is 0 Å². The van der Waals surface area contributed by atoms with Gasteiger partial charge < -0.3 is 8.92 Å². The van der Waals surface area contributed by atoms with Crippen molar-refractivity contribution in [2.75, 3.05) is 13.7 Å². The summed E-state index contributed by atoms with van der Waals surface area (Å²) in [5.41, 5.74) is 2.33. The van der Waals surface area contributed by atoms with Gasteiger partial charge in [-0.15, -0.1) is 0 Å². The van der Waals surface area contributed by atoms with Gasteiger partial charge in [0.25, 0.3) is 10.1 Å². The van der Waals surface area contributed by atoms with Crippen LogP contribution in [0.25, 0.3) is 10.8 Å². The number of methoxy groups -OCH3 is 1. The predicted molar refractivity (Wildman–Crippen MR) is 138 cm³/mol. The largest absolute Gasteiger partial charge is 0.497 e. The van der Waals surface area contributed by atoms with Crippen LogP contribution in [0.1, 0.15) is 16.7 Å². The van der Waals surface area contributed by atoms with Crippen LogP contribution in [0.3, 0.4) is 0 Å². The third kappa shape index (κ3) is 5.70. The van der Waals surface area contributed by atoms with Crippen LogP contribution in [0.2, 0.25) is 0 Å². The molecule has 188 valence electrons. The molecule has 4 aromatic carbocycles. The third-order valence-electron chi connectivity index (χ3n) is 5.71. The smallest absolute Gasteiger partial charge is 0.339 e.